The van der Waals surface area contributed by atoms with Crippen molar-refractivity contribution in [3.63, 3.8) is 0 Å². The zero-order valence-corrected chi connectivity index (χ0v) is 11.6. The first kappa shape index (κ1) is 13.6. The predicted octanol–water partition coefficient (Wildman–Crippen LogP) is 2.21. The summed E-state index contributed by atoms with van der Waals surface area (Å²) in [5.74, 6) is 0.188. The van der Waals surface area contributed by atoms with Gasteiger partial charge in [-0.1, -0.05) is 6.92 Å². The van der Waals surface area contributed by atoms with Crippen molar-refractivity contribution in [3.05, 3.63) is 42.5 Å². The van der Waals surface area contributed by atoms with Crippen LogP contribution in [0.4, 0.5) is 5.69 Å². The summed E-state index contributed by atoms with van der Waals surface area (Å²) in [6, 6.07) is 6.83. The van der Waals surface area contributed by atoms with Gasteiger partial charge in [0.1, 0.15) is 0 Å². The van der Waals surface area contributed by atoms with Crippen LogP contribution in [0.2, 0.25) is 0 Å². The van der Waals surface area contributed by atoms with Crippen molar-refractivity contribution in [2.75, 3.05) is 11.1 Å². The molecule has 1 heterocycles. The Balaban J connectivity index is 2.02. The fourth-order valence-corrected chi connectivity index (χ4v) is 3.07. The number of rotatable bonds is 6. The molecule has 6 heteroatoms. The zero-order valence-electron chi connectivity index (χ0n) is 10.8. The van der Waals surface area contributed by atoms with E-state index in [0.29, 0.717) is 17.9 Å². The van der Waals surface area contributed by atoms with Crippen LogP contribution in [0.3, 0.4) is 0 Å². The van der Waals surface area contributed by atoms with E-state index in [9.17, 15) is 8.42 Å². The Hall–Kier alpha value is -1.82. The first-order valence-electron chi connectivity index (χ1n) is 6.16. The molecule has 102 valence electrons. The van der Waals surface area contributed by atoms with Gasteiger partial charge in [0.25, 0.3) is 0 Å². The second-order valence-electron chi connectivity index (χ2n) is 4.27. The minimum Gasteiger partial charge on any atom is -0.379 e. The topological polar surface area (TPSA) is 74.8 Å². The lowest BCUT2D eigenvalue weighted by atomic mass is 10.3. The van der Waals surface area contributed by atoms with Gasteiger partial charge < -0.3 is 10.3 Å². The predicted molar refractivity (Wildman–Crippen MR) is 74.7 cm³/mol. The number of anilines is 1. The standard InChI is InChI=1S/C13H17N3O2S/c1-2-7-19(17,18)13-5-3-11(4-6-13)15-9-12-8-14-10-16-12/h3-6,8,10,15H,2,7,9H2,1H3,(H,14,16). The molecule has 0 spiro atoms. The van der Waals surface area contributed by atoms with Gasteiger partial charge in [-0.3, -0.25) is 0 Å². The molecule has 0 radical (unpaired) electrons. The van der Waals surface area contributed by atoms with Crippen LogP contribution < -0.4 is 5.32 Å². The number of H-pyrrole nitrogens is 1. The van der Waals surface area contributed by atoms with E-state index >= 15 is 0 Å². The highest BCUT2D eigenvalue weighted by molar-refractivity contribution is 7.91. The third-order valence-electron chi connectivity index (χ3n) is 2.72. The third-order valence-corrected chi connectivity index (χ3v) is 4.66. The molecule has 0 saturated carbocycles. The fraction of sp³-hybridized carbons (Fsp3) is 0.308. The number of hydrogen-bond donors (Lipinski definition) is 2. The number of imidazole rings is 1. The summed E-state index contributed by atoms with van der Waals surface area (Å²) >= 11 is 0. The van der Waals surface area contributed by atoms with E-state index in [1.165, 1.54) is 0 Å². The van der Waals surface area contributed by atoms with Gasteiger partial charge in [-0.2, -0.15) is 0 Å². The Labute approximate surface area is 113 Å². The lowest BCUT2D eigenvalue weighted by Gasteiger charge is -2.07. The monoisotopic (exact) mass is 279 g/mol. The van der Waals surface area contributed by atoms with E-state index in [1.807, 2.05) is 6.92 Å². The minimum absolute atomic E-state index is 0.188. The van der Waals surface area contributed by atoms with Crippen molar-refractivity contribution in [2.24, 2.45) is 0 Å². The second-order valence-corrected chi connectivity index (χ2v) is 6.38. The van der Waals surface area contributed by atoms with Crippen molar-refractivity contribution in [2.45, 2.75) is 24.8 Å². The Kier molecular flexibility index (Phi) is 4.21. The van der Waals surface area contributed by atoms with E-state index in [1.54, 1.807) is 36.8 Å². The second kappa shape index (κ2) is 5.88. The first-order valence-corrected chi connectivity index (χ1v) is 7.81. The summed E-state index contributed by atoms with van der Waals surface area (Å²) in [7, 11) is -3.13. The van der Waals surface area contributed by atoms with E-state index < -0.39 is 9.84 Å². The Morgan fingerprint density at radius 2 is 2.00 bits per heavy atom. The highest BCUT2D eigenvalue weighted by atomic mass is 32.2. The molecule has 2 rings (SSSR count). The number of nitrogens with zero attached hydrogens (tertiary/aromatic N) is 1. The molecule has 5 nitrogen and oxygen atoms in total. The summed E-state index contributed by atoms with van der Waals surface area (Å²) in [6.45, 7) is 2.49. The molecule has 2 N–H and O–H groups in total. The molecule has 1 aromatic carbocycles. The zero-order chi connectivity index (χ0) is 13.7. The highest BCUT2D eigenvalue weighted by Gasteiger charge is 2.12. The average molecular weight is 279 g/mol. The maximum Gasteiger partial charge on any atom is 0.178 e. The molecule has 0 aliphatic carbocycles. The van der Waals surface area contributed by atoms with Gasteiger partial charge in [0.2, 0.25) is 0 Å². The fourth-order valence-electron chi connectivity index (χ4n) is 1.75. The molecule has 1 aromatic heterocycles. The normalized spacial score (nSPS) is 11.4. The highest BCUT2D eigenvalue weighted by Crippen LogP contribution is 2.16. The molecule has 0 saturated heterocycles. The SMILES string of the molecule is CCCS(=O)(=O)c1ccc(NCc2cnc[nH]2)cc1. The van der Waals surface area contributed by atoms with Gasteiger partial charge in [-0.05, 0) is 30.7 Å². The lowest BCUT2D eigenvalue weighted by molar-refractivity contribution is 0.595. The number of hydrogen-bond acceptors (Lipinski definition) is 4. The lowest BCUT2D eigenvalue weighted by Crippen LogP contribution is -2.06. The molecule has 0 bridgehead atoms. The number of aromatic amines is 1. The molecular weight excluding hydrogens is 262 g/mol. The van der Waals surface area contributed by atoms with Gasteiger partial charge >= 0.3 is 0 Å². The van der Waals surface area contributed by atoms with E-state index in [-0.39, 0.29) is 5.75 Å². The average Bonchev–Trinajstić information content (AvgIpc) is 2.90. The van der Waals surface area contributed by atoms with Crippen molar-refractivity contribution >= 4 is 15.5 Å². The van der Waals surface area contributed by atoms with Crippen molar-refractivity contribution in [1.29, 1.82) is 0 Å². The van der Waals surface area contributed by atoms with Crippen LogP contribution in [-0.2, 0) is 16.4 Å². The first-order chi connectivity index (χ1) is 9.12. The molecule has 0 amide bonds. The van der Waals surface area contributed by atoms with Gasteiger partial charge in [-0.25, -0.2) is 13.4 Å². The smallest absolute Gasteiger partial charge is 0.178 e. The van der Waals surface area contributed by atoms with Gasteiger partial charge in [0.15, 0.2) is 9.84 Å². The summed E-state index contributed by atoms with van der Waals surface area (Å²) in [6.07, 6.45) is 3.99. The van der Waals surface area contributed by atoms with Gasteiger partial charge in [0, 0.05) is 11.9 Å². The molecule has 0 aliphatic heterocycles. The van der Waals surface area contributed by atoms with E-state index in [4.69, 9.17) is 0 Å². The van der Waals surface area contributed by atoms with Crippen LogP contribution in [0, 0.1) is 0 Å². The molecule has 0 unspecified atom stereocenters. The van der Waals surface area contributed by atoms with Crippen LogP contribution in [-0.4, -0.2) is 24.1 Å². The Morgan fingerprint density at radius 1 is 1.26 bits per heavy atom. The molecule has 0 atom stereocenters. The molecule has 0 aliphatic rings. The summed E-state index contributed by atoms with van der Waals surface area (Å²) in [4.78, 5) is 7.29. The van der Waals surface area contributed by atoms with Crippen molar-refractivity contribution in [3.8, 4) is 0 Å². The quantitative estimate of drug-likeness (QED) is 0.850. The molecule has 19 heavy (non-hydrogen) atoms. The van der Waals surface area contributed by atoms with Crippen LogP contribution in [0.15, 0.2) is 41.7 Å². The van der Waals surface area contributed by atoms with Crippen molar-refractivity contribution < 1.29 is 8.42 Å². The van der Waals surface area contributed by atoms with Gasteiger partial charge in [0.05, 0.1) is 29.2 Å². The van der Waals surface area contributed by atoms with Crippen LogP contribution in [0.25, 0.3) is 0 Å². The summed E-state index contributed by atoms with van der Waals surface area (Å²) in [5, 5.41) is 3.19. The van der Waals surface area contributed by atoms with Gasteiger partial charge in [-0.15, -0.1) is 0 Å². The number of nitrogens with one attached hydrogen (secondary N) is 2. The Bertz CT molecular complexity index is 604. The Morgan fingerprint density at radius 3 is 2.58 bits per heavy atom. The van der Waals surface area contributed by atoms with Crippen LogP contribution in [0.1, 0.15) is 19.0 Å². The molecule has 0 fully saturated rings. The number of benzene rings is 1. The minimum atomic E-state index is -3.13. The van der Waals surface area contributed by atoms with E-state index in [2.05, 4.69) is 15.3 Å². The van der Waals surface area contributed by atoms with E-state index in [0.717, 1.165) is 11.4 Å². The number of aromatic nitrogens is 2. The summed E-state index contributed by atoms with van der Waals surface area (Å²) in [5.41, 5.74) is 1.85. The number of sulfone groups is 1. The maximum absolute atomic E-state index is 11.9. The van der Waals surface area contributed by atoms with Crippen LogP contribution in [0.5, 0.6) is 0 Å². The molecule has 2 aromatic rings. The summed E-state index contributed by atoms with van der Waals surface area (Å²) < 4.78 is 23.7. The third kappa shape index (κ3) is 3.57. The van der Waals surface area contributed by atoms with Crippen molar-refractivity contribution in [1.82, 2.24) is 9.97 Å². The largest absolute Gasteiger partial charge is 0.379 e. The maximum atomic E-state index is 11.9. The molecular formula is C13H17N3O2S. The van der Waals surface area contributed by atoms with Crippen LogP contribution >= 0.6 is 0 Å².